The molecule has 0 fully saturated rings. The highest BCUT2D eigenvalue weighted by molar-refractivity contribution is 7.09. The maximum absolute atomic E-state index is 12.1. The summed E-state index contributed by atoms with van der Waals surface area (Å²) in [6, 6.07) is 6.84. The Balaban J connectivity index is 1.71. The molecule has 22 heavy (non-hydrogen) atoms. The summed E-state index contributed by atoms with van der Waals surface area (Å²) in [5.74, 6) is 0.528. The lowest BCUT2D eigenvalue weighted by Crippen LogP contribution is -2.08. The lowest BCUT2D eigenvalue weighted by Gasteiger charge is -2.10. The van der Waals surface area contributed by atoms with E-state index in [4.69, 9.17) is 9.15 Å². The molecule has 7 heteroatoms. The Hall–Kier alpha value is -2.54. The average Bonchev–Trinajstić information content (AvgIpc) is 3.18. The van der Waals surface area contributed by atoms with Crippen molar-refractivity contribution >= 4 is 17.3 Å². The van der Waals surface area contributed by atoms with E-state index in [1.54, 1.807) is 44.3 Å². The Bertz CT molecular complexity index is 766. The summed E-state index contributed by atoms with van der Waals surface area (Å²) in [5.41, 5.74) is 1.22. The van der Waals surface area contributed by atoms with Crippen molar-refractivity contribution in [3.05, 3.63) is 52.3 Å². The number of aromatic nitrogens is 3. The third-order valence-electron chi connectivity index (χ3n) is 2.98. The number of nitrogens with zero attached hydrogens (tertiary/aromatic N) is 3. The van der Waals surface area contributed by atoms with E-state index < -0.39 is 5.97 Å². The Morgan fingerprint density at radius 1 is 1.27 bits per heavy atom. The number of ether oxygens (including phenoxy) is 1. The van der Waals surface area contributed by atoms with Gasteiger partial charge in [0.15, 0.2) is 6.10 Å². The number of aryl methyl sites for hydroxylation is 1. The van der Waals surface area contributed by atoms with E-state index in [2.05, 4.69) is 15.2 Å². The molecule has 0 bridgehead atoms. The number of esters is 1. The monoisotopic (exact) mass is 315 g/mol. The Morgan fingerprint density at radius 3 is 2.64 bits per heavy atom. The van der Waals surface area contributed by atoms with E-state index in [1.165, 1.54) is 11.3 Å². The second kappa shape index (κ2) is 6.07. The minimum absolute atomic E-state index is 0.370. The number of carbonyl (C=O) groups excluding carboxylic acids is 1. The zero-order chi connectivity index (χ0) is 15.5. The second-order valence-electron chi connectivity index (χ2n) is 4.62. The van der Waals surface area contributed by atoms with Gasteiger partial charge in [-0.1, -0.05) is 0 Å². The van der Waals surface area contributed by atoms with Gasteiger partial charge in [-0.25, -0.2) is 9.78 Å². The standard InChI is InChI=1S/C15H13N3O3S/c1-9(14-16-7-8-22-14)20-15(19)12-5-3-11(4-6-12)13-18-17-10(2)21-13/h3-9H,1-2H3/t9-/m0/s1. The summed E-state index contributed by atoms with van der Waals surface area (Å²) < 4.78 is 10.7. The van der Waals surface area contributed by atoms with Gasteiger partial charge in [0.05, 0.1) is 5.56 Å². The molecule has 0 saturated heterocycles. The third-order valence-corrected chi connectivity index (χ3v) is 3.91. The van der Waals surface area contributed by atoms with E-state index in [9.17, 15) is 4.79 Å². The van der Waals surface area contributed by atoms with Crippen LogP contribution in [0.2, 0.25) is 0 Å². The molecular weight excluding hydrogens is 302 g/mol. The summed E-state index contributed by atoms with van der Waals surface area (Å²) in [6.45, 7) is 3.52. The average molecular weight is 315 g/mol. The van der Waals surface area contributed by atoms with Crippen molar-refractivity contribution in [3.63, 3.8) is 0 Å². The molecule has 0 aliphatic heterocycles. The van der Waals surface area contributed by atoms with Crippen molar-refractivity contribution in [2.45, 2.75) is 20.0 Å². The van der Waals surface area contributed by atoms with Crippen LogP contribution >= 0.6 is 11.3 Å². The summed E-state index contributed by atoms with van der Waals surface area (Å²) >= 11 is 1.45. The van der Waals surface area contributed by atoms with Crippen molar-refractivity contribution in [1.29, 1.82) is 0 Å². The molecule has 0 N–H and O–H groups in total. The van der Waals surface area contributed by atoms with Crippen LogP contribution in [0, 0.1) is 6.92 Å². The zero-order valence-corrected chi connectivity index (χ0v) is 12.8. The van der Waals surface area contributed by atoms with Gasteiger partial charge in [-0.3, -0.25) is 0 Å². The highest BCUT2D eigenvalue weighted by Crippen LogP contribution is 2.22. The predicted octanol–water partition coefficient (Wildman–Crippen LogP) is 3.42. The molecule has 0 saturated carbocycles. The molecule has 1 atom stereocenters. The zero-order valence-electron chi connectivity index (χ0n) is 12.0. The normalized spacial score (nSPS) is 12.1. The van der Waals surface area contributed by atoms with Gasteiger partial charge < -0.3 is 9.15 Å². The van der Waals surface area contributed by atoms with Crippen molar-refractivity contribution in [2.75, 3.05) is 0 Å². The first-order valence-corrected chi connectivity index (χ1v) is 7.52. The van der Waals surface area contributed by atoms with Crippen LogP contribution in [0.1, 0.15) is 34.3 Å². The first-order chi connectivity index (χ1) is 10.6. The van der Waals surface area contributed by atoms with E-state index in [0.29, 0.717) is 17.3 Å². The fraction of sp³-hybridized carbons (Fsp3) is 0.200. The van der Waals surface area contributed by atoms with Crippen LogP contribution in [0.4, 0.5) is 0 Å². The molecule has 112 valence electrons. The van der Waals surface area contributed by atoms with Gasteiger partial charge >= 0.3 is 5.97 Å². The van der Waals surface area contributed by atoms with Crippen LogP contribution in [0.5, 0.6) is 0 Å². The molecule has 0 unspecified atom stereocenters. The van der Waals surface area contributed by atoms with Crippen LogP contribution in [-0.2, 0) is 4.74 Å². The Labute approximate surface area is 130 Å². The summed E-state index contributed by atoms with van der Waals surface area (Å²) in [7, 11) is 0. The minimum Gasteiger partial charge on any atom is -0.452 e. The van der Waals surface area contributed by atoms with E-state index in [0.717, 1.165) is 10.6 Å². The number of hydrogen-bond donors (Lipinski definition) is 0. The first-order valence-electron chi connectivity index (χ1n) is 6.64. The van der Waals surface area contributed by atoms with Gasteiger partial charge in [-0.15, -0.1) is 21.5 Å². The van der Waals surface area contributed by atoms with Crippen LogP contribution in [0.3, 0.4) is 0 Å². The molecule has 0 amide bonds. The Morgan fingerprint density at radius 2 is 2.05 bits per heavy atom. The van der Waals surface area contributed by atoms with Crippen LogP contribution in [0.25, 0.3) is 11.5 Å². The first kappa shape index (κ1) is 14.4. The number of hydrogen-bond acceptors (Lipinski definition) is 7. The molecule has 2 aromatic heterocycles. The van der Waals surface area contributed by atoms with Crippen molar-refractivity contribution < 1.29 is 13.9 Å². The van der Waals surface area contributed by atoms with Crippen LogP contribution in [0.15, 0.2) is 40.3 Å². The fourth-order valence-electron chi connectivity index (χ4n) is 1.88. The molecule has 0 aliphatic carbocycles. The highest BCUT2D eigenvalue weighted by atomic mass is 32.1. The summed E-state index contributed by atoms with van der Waals surface area (Å²) in [4.78, 5) is 16.2. The topological polar surface area (TPSA) is 78.1 Å². The largest absolute Gasteiger partial charge is 0.452 e. The smallest absolute Gasteiger partial charge is 0.338 e. The lowest BCUT2D eigenvalue weighted by molar-refractivity contribution is 0.0337. The number of thiazole rings is 1. The molecule has 1 aromatic carbocycles. The van der Waals surface area contributed by atoms with Crippen molar-refractivity contribution in [2.24, 2.45) is 0 Å². The van der Waals surface area contributed by atoms with E-state index in [1.807, 2.05) is 5.38 Å². The van der Waals surface area contributed by atoms with E-state index in [-0.39, 0.29) is 6.10 Å². The van der Waals surface area contributed by atoms with Crippen molar-refractivity contribution in [3.8, 4) is 11.5 Å². The lowest BCUT2D eigenvalue weighted by atomic mass is 10.1. The fourth-order valence-corrected chi connectivity index (χ4v) is 2.50. The van der Waals surface area contributed by atoms with E-state index >= 15 is 0 Å². The summed E-state index contributed by atoms with van der Waals surface area (Å²) in [5, 5.41) is 10.3. The number of rotatable bonds is 4. The van der Waals surface area contributed by atoms with Crippen molar-refractivity contribution in [1.82, 2.24) is 15.2 Å². The molecule has 3 aromatic rings. The third kappa shape index (κ3) is 3.04. The SMILES string of the molecule is Cc1nnc(-c2ccc(C(=O)O[C@@H](C)c3nccs3)cc2)o1. The van der Waals surface area contributed by atoms with Gasteiger partial charge in [-0.05, 0) is 31.2 Å². The second-order valence-corrected chi connectivity index (χ2v) is 5.55. The maximum atomic E-state index is 12.1. The van der Waals surface area contributed by atoms with Crippen LogP contribution < -0.4 is 0 Å². The number of benzene rings is 1. The van der Waals surface area contributed by atoms with Gasteiger partial charge in [0.1, 0.15) is 5.01 Å². The highest BCUT2D eigenvalue weighted by Gasteiger charge is 2.16. The molecule has 0 radical (unpaired) electrons. The minimum atomic E-state index is -0.393. The quantitative estimate of drug-likeness (QED) is 0.686. The Kier molecular flexibility index (Phi) is 3.97. The van der Waals surface area contributed by atoms with Gasteiger partial charge in [0, 0.05) is 24.1 Å². The molecular formula is C15H13N3O3S. The maximum Gasteiger partial charge on any atom is 0.338 e. The number of carbonyl (C=O) groups is 1. The molecule has 2 heterocycles. The molecule has 0 aliphatic rings. The van der Waals surface area contributed by atoms with Gasteiger partial charge in [0.25, 0.3) is 0 Å². The molecule has 6 nitrogen and oxygen atoms in total. The predicted molar refractivity (Wildman–Crippen MR) is 80.4 cm³/mol. The molecule has 3 rings (SSSR count). The molecule has 0 spiro atoms. The van der Waals surface area contributed by atoms with Crippen LogP contribution in [-0.4, -0.2) is 21.2 Å². The van der Waals surface area contributed by atoms with Gasteiger partial charge in [-0.2, -0.15) is 0 Å². The van der Waals surface area contributed by atoms with Gasteiger partial charge in [0.2, 0.25) is 11.8 Å². The summed E-state index contributed by atoms with van der Waals surface area (Å²) in [6.07, 6.45) is 1.32.